The van der Waals surface area contributed by atoms with Crippen LogP contribution in [-0.4, -0.2) is 24.3 Å². The molecule has 2 aromatic heterocycles. The van der Waals surface area contributed by atoms with Gasteiger partial charge in [0.15, 0.2) is 0 Å². The maximum Gasteiger partial charge on any atom is 0.332 e. The fourth-order valence-corrected chi connectivity index (χ4v) is 5.37. The molecule has 2 N–H and O–H groups in total. The molecular weight excluding hydrogens is 506 g/mol. The molecule has 0 fully saturated rings. The van der Waals surface area contributed by atoms with Crippen LogP contribution in [0.5, 0.6) is 11.5 Å². The minimum absolute atomic E-state index is 0.0776. The summed E-state index contributed by atoms with van der Waals surface area (Å²) in [4.78, 5) is 31.0. The van der Waals surface area contributed by atoms with Crippen LogP contribution in [0.3, 0.4) is 0 Å². The molecule has 0 spiro atoms. The average molecular weight is 523 g/mol. The number of pyridine rings is 1. The summed E-state index contributed by atoms with van der Waals surface area (Å²) in [5, 5.41) is 23.2. The van der Waals surface area contributed by atoms with Crippen molar-refractivity contribution in [3.8, 4) is 11.5 Å². The maximum absolute atomic E-state index is 12.9. The van der Waals surface area contributed by atoms with Gasteiger partial charge in [0.2, 0.25) is 0 Å². The lowest BCUT2D eigenvalue weighted by molar-refractivity contribution is 0.458. The van der Waals surface area contributed by atoms with E-state index in [0.29, 0.717) is 27.4 Å². The molecule has 4 aromatic rings. The Kier molecular flexibility index (Phi) is 5.53. The fourth-order valence-electron chi connectivity index (χ4n) is 3.55. The third kappa shape index (κ3) is 3.40. The molecule has 0 unspecified atom stereocenters. The molecule has 4 rings (SSSR count). The van der Waals surface area contributed by atoms with Crippen LogP contribution in [0.15, 0.2) is 48.1 Å². The minimum Gasteiger partial charge on any atom is -0.507 e. The Morgan fingerprint density at radius 2 is 1.77 bits per heavy atom. The van der Waals surface area contributed by atoms with Crippen molar-refractivity contribution >= 4 is 61.1 Å². The molecule has 0 aliphatic rings. The van der Waals surface area contributed by atoms with Gasteiger partial charge in [-0.1, -0.05) is 30.3 Å². The Labute approximate surface area is 194 Å². The summed E-state index contributed by atoms with van der Waals surface area (Å²) in [5.74, 6) is -0.278. The highest BCUT2D eigenvalue weighted by molar-refractivity contribution is 9.10. The Hall–Kier alpha value is -2.49. The number of phenolic OH excluding ortho intramolecular Hbond substituents is 2. The third-order valence-corrected chi connectivity index (χ3v) is 7.37. The Morgan fingerprint density at radius 3 is 2.42 bits per heavy atom. The van der Waals surface area contributed by atoms with Gasteiger partial charge >= 0.3 is 5.69 Å². The molecule has 2 heterocycles. The molecule has 0 bridgehead atoms. The van der Waals surface area contributed by atoms with Crippen LogP contribution in [0.25, 0.3) is 21.8 Å². The van der Waals surface area contributed by atoms with Gasteiger partial charge in [-0.25, -0.2) is 9.78 Å². The highest BCUT2D eigenvalue weighted by atomic mass is 79.9. The molecule has 0 aliphatic carbocycles. The first kappa shape index (κ1) is 21.7. The first-order valence-electron chi connectivity index (χ1n) is 9.25. The van der Waals surface area contributed by atoms with Crippen LogP contribution in [0, 0.1) is 0 Å². The van der Waals surface area contributed by atoms with Crippen molar-refractivity contribution in [2.45, 2.75) is 23.1 Å². The van der Waals surface area contributed by atoms with Gasteiger partial charge in [0.1, 0.15) is 17.1 Å². The van der Waals surface area contributed by atoms with Gasteiger partial charge in [-0.2, -0.15) is 0 Å². The first-order chi connectivity index (χ1) is 14.6. The number of aromatic hydroxyl groups is 2. The standard InChI is InChI=1S/C21H17BrClN3O4S/c1-4-11-15-16(17-19(24-11)25(2)21(30)26(3)20(17)29)12(27)8-14(18(15)28)31-13-6-5-9(23)7-10(13)22/h5-8,27-28H,4H2,1-3H3. The number of aromatic nitrogens is 3. The van der Waals surface area contributed by atoms with Crippen LogP contribution < -0.4 is 11.2 Å². The van der Waals surface area contributed by atoms with Gasteiger partial charge in [-0.3, -0.25) is 13.9 Å². The predicted molar refractivity (Wildman–Crippen MR) is 126 cm³/mol. The van der Waals surface area contributed by atoms with Crippen LogP contribution in [0.1, 0.15) is 12.6 Å². The van der Waals surface area contributed by atoms with Crippen molar-refractivity contribution in [2.24, 2.45) is 14.1 Å². The number of rotatable bonds is 3. The average Bonchev–Trinajstić information content (AvgIpc) is 2.74. The summed E-state index contributed by atoms with van der Waals surface area (Å²) in [6.45, 7) is 1.85. The number of aryl methyl sites for hydroxylation is 2. The molecule has 7 nitrogen and oxygen atoms in total. The van der Waals surface area contributed by atoms with Crippen LogP contribution >= 0.6 is 39.3 Å². The van der Waals surface area contributed by atoms with Gasteiger partial charge in [-0.05, 0) is 46.6 Å². The number of hydrogen-bond acceptors (Lipinski definition) is 6. The van der Waals surface area contributed by atoms with E-state index >= 15 is 0 Å². The normalized spacial score (nSPS) is 11.5. The lowest BCUT2D eigenvalue weighted by Gasteiger charge is -2.16. The van der Waals surface area contributed by atoms with E-state index in [4.69, 9.17) is 11.6 Å². The molecule has 160 valence electrons. The largest absolute Gasteiger partial charge is 0.507 e. The summed E-state index contributed by atoms with van der Waals surface area (Å²) >= 11 is 10.7. The third-order valence-electron chi connectivity index (χ3n) is 5.11. The molecule has 0 saturated carbocycles. The van der Waals surface area contributed by atoms with E-state index in [1.54, 1.807) is 18.2 Å². The van der Waals surface area contributed by atoms with E-state index in [0.717, 1.165) is 13.9 Å². The quantitative estimate of drug-likeness (QED) is 0.307. The van der Waals surface area contributed by atoms with Crippen molar-refractivity contribution in [3.05, 3.63) is 60.3 Å². The highest BCUT2D eigenvalue weighted by Gasteiger charge is 2.23. The fraction of sp³-hybridized carbons (Fsp3) is 0.190. The molecule has 10 heteroatoms. The number of hydrogen-bond donors (Lipinski definition) is 2. The lowest BCUT2D eigenvalue weighted by atomic mass is 10.0. The number of halogens is 2. The first-order valence-corrected chi connectivity index (χ1v) is 11.2. The number of benzene rings is 2. The molecule has 31 heavy (non-hydrogen) atoms. The zero-order valence-corrected chi connectivity index (χ0v) is 19.9. The van der Waals surface area contributed by atoms with Crippen molar-refractivity contribution < 1.29 is 10.2 Å². The van der Waals surface area contributed by atoms with Gasteiger partial charge in [0.25, 0.3) is 5.56 Å². The van der Waals surface area contributed by atoms with Gasteiger partial charge in [0.05, 0.1) is 21.4 Å². The van der Waals surface area contributed by atoms with E-state index in [9.17, 15) is 19.8 Å². The summed E-state index contributed by atoms with van der Waals surface area (Å²) in [6.07, 6.45) is 0.418. The number of phenols is 2. The summed E-state index contributed by atoms with van der Waals surface area (Å²) < 4.78 is 2.96. The maximum atomic E-state index is 12.9. The second-order valence-corrected chi connectivity index (χ2v) is 9.36. The SMILES string of the molecule is CCc1nc2c(c(=O)n(C)c(=O)n2C)c2c(O)cc(Sc3ccc(Cl)cc3Br)c(O)c12. The lowest BCUT2D eigenvalue weighted by Crippen LogP contribution is -2.37. The van der Waals surface area contributed by atoms with E-state index in [2.05, 4.69) is 20.9 Å². The molecule has 2 aromatic carbocycles. The monoisotopic (exact) mass is 521 g/mol. The minimum atomic E-state index is -0.589. The predicted octanol–water partition coefficient (Wildman–Crippen LogP) is 4.33. The van der Waals surface area contributed by atoms with Crippen molar-refractivity contribution in [1.29, 1.82) is 0 Å². The van der Waals surface area contributed by atoms with Crippen molar-refractivity contribution in [1.82, 2.24) is 14.1 Å². The van der Waals surface area contributed by atoms with Gasteiger partial charge < -0.3 is 10.2 Å². The smallest absolute Gasteiger partial charge is 0.332 e. The summed E-state index contributed by atoms with van der Waals surface area (Å²) in [7, 11) is 2.88. The molecule has 0 aliphatic heterocycles. The number of nitrogens with zero attached hydrogens (tertiary/aromatic N) is 3. The molecule has 0 amide bonds. The second kappa shape index (κ2) is 7.89. The van der Waals surface area contributed by atoms with Crippen LogP contribution in [-0.2, 0) is 20.5 Å². The van der Waals surface area contributed by atoms with E-state index < -0.39 is 11.2 Å². The zero-order valence-electron chi connectivity index (χ0n) is 16.7. The number of fused-ring (bicyclic) bond motifs is 3. The molecular formula is C21H17BrClN3O4S. The Morgan fingerprint density at radius 1 is 1.06 bits per heavy atom. The van der Waals surface area contributed by atoms with Crippen molar-refractivity contribution in [3.63, 3.8) is 0 Å². The summed E-state index contributed by atoms with van der Waals surface area (Å²) in [6, 6.07) is 6.66. The molecule has 0 radical (unpaired) electrons. The summed E-state index contributed by atoms with van der Waals surface area (Å²) in [5.41, 5.74) is -0.479. The Balaban J connectivity index is 2.11. The van der Waals surface area contributed by atoms with E-state index in [1.165, 1.54) is 36.5 Å². The van der Waals surface area contributed by atoms with Gasteiger partial charge in [0, 0.05) is 33.9 Å². The Bertz CT molecular complexity index is 1510. The highest BCUT2D eigenvalue weighted by Crippen LogP contribution is 2.47. The molecule has 0 saturated heterocycles. The van der Waals surface area contributed by atoms with E-state index in [1.807, 2.05) is 6.92 Å². The van der Waals surface area contributed by atoms with Crippen LogP contribution in [0.2, 0.25) is 5.02 Å². The van der Waals surface area contributed by atoms with E-state index in [-0.39, 0.29) is 27.9 Å². The second-order valence-electron chi connectivity index (χ2n) is 6.99. The van der Waals surface area contributed by atoms with Crippen molar-refractivity contribution in [2.75, 3.05) is 0 Å². The zero-order chi connectivity index (χ0) is 22.6. The van der Waals surface area contributed by atoms with Gasteiger partial charge in [-0.15, -0.1) is 0 Å². The topological polar surface area (TPSA) is 97.4 Å². The van der Waals surface area contributed by atoms with Crippen LogP contribution in [0.4, 0.5) is 0 Å². The molecule has 0 atom stereocenters.